The van der Waals surface area contributed by atoms with E-state index in [2.05, 4.69) is 40.1 Å². The molecule has 1 rings (SSSR count). The van der Waals surface area contributed by atoms with Crippen LogP contribution in [0.4, 0.5) is 11.6 Å². The lowest BCUT2D eigenvalue weighted by molar-refractivity contribution is 0.178. The van der Waals surface area contributed by atoms with E-state index in [-0.39, 0.29) is 0 Å². The van der Waals surface area contributed by atoms with Crippen LogP contribution in [0.1, 0.15) is 32.5 Å². The van der Waals surface area contributed by atoms with Gasteiger partial charge in [0.1, 0.15) is 18.2 Å². The van der Waals surface area contributed by atoms with E-state index in [1.807, 2.05) is 6.07 Å². The van der Waals surface area contributed by atoms with Gasteiger partial charge in [0.2, 0.25) is 0 Å². The molecule has 1 N–H and O–H groups in total. The molecule has 0 bridgehead atoms. The Hall–Kier alpha value is -1.87. The van der Waals surface area contributed by atoms with Crippen molar-refractivity contribution in [2.24, 2.45) is 0 Å². The predicted molar refractivity (Wildman–Crippen MR) is 79.6 cm³/mol. The highest BCUT2D eigenvalue weighted by Gasteiger charge is 2.10. The molecule has 1 heterocycles. The first-order valence-corrected chi connectivity index (χ1v) is 6.97. The Bertz CT molecular complexity index is 444. The molecule has 20 heavy (non-hydrogen) atoms. The van der Waals surface area contributed by atoms with Crippen molar-refractivity contribution in [2.45, 2.75) is 33.3 Å². The predicted octanol–water partition coefficient (Wildman–Crippen LogP) is 2.18. The highest BCUT2D eigenvalue weighted by atomic mass is 16.5. The number of methoxy groups -OCH3 is 1. The summed E-state index contributed by atoms with van der Waals surface area (Å²) in [6.07, 6.45) is 1.51. The van der Waals surface area contributed by atoms with Gasteiger partial charge in [0, 0.05) is 32.8 Å². The van der Waals surface area contributed by atoms with Gasteiger partial charge in [-0.25, -0.2) is 9.97 Å². The van der Waals surface area contributed by atoms with Crippen LogP contribution >= 0.6 is 0 Å². The van der Waals surface area contributed by atoms with Crippen LogP contribution < -0.4 is 10.2 Å². The Morgan fingerprint density at radius 3 is 2.80 bits per heavy atom. The summed E-state index contributed by atoms with van der Waals surface area (Å²) in [6.45, 7) is 6.88. The molecule has 0 unspecified atom stereocenters. The smallest absolute Gasteiger partial charge is 0.158 e. The van der Waals surface area contributed by atoms with Crippen molar-refractivity contribution in [3.05, 3.63) is 11.9 Å². The van der Waals surface area contributed by atoms with Gasteiger partial charge in [-0.3, -0.25) is 0 Å². The second-order valence-electron chi connectivity index (χ2n) is 4.38. The van der Waals surface area contributed by atoms with Crippen LogP contribution in [0.15, 0.2) is 6.07 Å². The second kappa shape index (κ2) is 9.10. The zero-order valence-corrected chi connectivity index (χ0v) is 12.5. The van der Waals surface area contributed by atoms with Gasteiger partial charge < -0.3 is 15.0 Å². The molecule has 6 nitrogen and oxygen atoms in total. The molecule has 0 fully saturated rings. The zero-order chi connectivity index (χ0) is 14.8. The van der Waals surface area contributed by atoms with Crippen LogP contribution in [0.25, 0.3) is 0 Å². The average Bonchev–Trinajstić information content (AvgIpc) is 2.46. The third-order valence-corrected chi connectivity index (χ3v) is 2.79. The molecule has 0 aliphatic rings. The molecule has 0 saturated heterocycles. The third-order valence-electron chi connectivity index (χ3n) is 2.79. The molecule has 0 saturated carbocycles. The van der Waals surface area contributed by atoms with Crippen LogP contribution in [-0.4, -0.2) is 36.7 Å². The van der Waals surface area contributed by atoms with E-state index in [9.17, 15) is 0 Å². The molecule has 0 aromatic carbocycles. The van der Waals surface area contributed by atoms with Crippen molar-refractivity contribution in [1.29, 1.82) is 5.26 Å². The zero-order valence-electron chi connectivity index (χ0n) is 12.5. The minimum Gasteiger partial charge on any atom is -0.377 e. The van der Waals surface area contributed by atoms with Crippen molar-refractivity contribution in [2.75, 3.05) is 37.0 Å². The van der Waals surface area contributed by atoms with E-state index >= 15 is 0 Å². The van der Waals surface area contributed by atoms with Gasteiger partial charge in [-0.2, -0.15) is 5.26 Å². The van der Waals surface area contributed by atoms with Gasteiger partial charge in [-0.05, 0) is 13.3 Å². The van der Waals surface area contributed by atoms with Gasteiger partial charge in [0.25, 0.3) is 0 Å². The van der Waals surface area contributed by atoms with Crippen molar-refractivity contribution >= 4 is 11.6 Å². The minimum absolute atomic E-state index is 0.379. The maximum atomic E-state index is 8.73. The number of nitrogens with one attached hydrogen (secondary N) is 1. The summed E-state index contributed by atoms with van der Waals surface area (Å²) < 4.78 is 5.11. The number of ether oxygens (including phenoxy) is 1. The molecule has 0 radical (unpaired) electrons. The maximum Gasteiger partial charge on any atom is 0.158 e. The molecule has 6 heteroatoms. The maximum absolute atomic E-state index is 8.73. The SMILES string of the molecule is CCCNc1cc(N(CC)CCC#N)nc(COC)n1. The Balaban J connectivity index is 2.96. The van der Waals surface area contributed by atoms with Crippen molar-refractivity contribution in [3.8, 4) is 6.07 Å². The van der Waals surface area contributed by atoms with Crippen LogP contribution in [0, 0.1) is 11.3 Å². The van der Waals surface area contributed by atoms with Gasteiger partial charge in [-0.15, -0.1) is 0 Å². The van der Waals surface area contributed by atoms with Crippen molar-refractivity contribution < 1.29 is 4.74 Å². The number of nitrogens with zero attached hydrogens (tertiary/aromatic N) is 4. The molecule has 0 amide bonds. The normalized spacial score (nSPS) is 10.1. The first kappa shape index (κ1) is 16.2. The summed E-state index contributed by atoms with van der Waals surface area (Å²) in [4.78, 5) is 11.0. The largest absolute Gasteiger partial charge is 0.377 e. The van der Waals surface area contributed by atoms with Crippen molar-refractivity contribution in [3.63, 3.8) is 0 Å². The van der Waals surface area contributed by atoms with Crippen LogP contribution in [0.3, 0.4) is 0 Å². The summed E-state index contributed by atoms with van der Waals surface area (Å²) in [5, 5.41) is 12.0. The fraction of sp³-hybridized carbons (Fsp3) is 0.643. The van der Waals surface area contributed by atoms with Crippen molar-refractivity contribution in [1.82, 2.24) is 9.97 Å². The minimum atomic E-state index is 0.379. The number of aromatic nitrogens is 2. The fourth-order valence-corrected chi connectivity index (χ4v) is 1.80. The van der Waals surface area contributed by atoms with Gasteiger partial charge in [0.15, 0.2) is 5.82 Å². The summed E-state index contributed by atoms with van der Waals surface area (Å²) in [6, 6.07) is 4.09. The van der Waals surface area contributed by atoms with E-state index in [1.54, 1.807) is 7.11 Å². The lowest BCUT2D eigenvalue weighted by Crippen LogP contribution is -2.25. The molecule has 1 aromatic heterocycles. The van der Waals surface area contributed by atoms with E-state index in [4.69, 9.17) is 10.00 Å². The number of rotatable bonds is 9. The molecule has 0 aliphatic carbocycles. The Morgan fingerprint density at radius 1 is 1.40 bits per heavy atom. The summed E-state index contributed by atoms with van der Waals surface area (Å²) in [5.74, 6) is 2.29. The number of anilines is 2. The van der Waals surface area contributed by atoms with Crippen LogP contribution in [0.5, 0.6) is 0 Å². The molecular formula is C14H23N5O. The molecule has 1 aromatic rings. The summed E-state index contributed by atoms with van der Waals surface area (Å²) in [5.41, 5.74) is 0. The lowest BCUT2D eigenvalue weighted by atomic mass is 10.3. The van der Waals surface area contributed by atoms with Gasteiger partial charge >= 0.3 is 0 Å². The summed E-state index contributed by atoms with van der Waals surface area (Å²) >= 11 is 0. The van der Waals surface area contributed by atoms with E-state index in [0.29, 0.717) is 25.4 Å². The second-order valence-corrected chi connectivity index (χ2v) is 4.38. The monoisotopic (exact) mass is 277 g/mol. The van der Waals surface area contributed by atoms with E-state index in [0.717, 1.165) is 31.1 Å². The van der Waals surface area contributed by atoms with Crippen LogP contribution in [0.2, 0.25) is 0 Å². The highest BCUT2D eigenvalue weighted by molar-refractivity contribution is 5.49. The highest BCUT2D eigenvalue weighted by Crippen LogP contribution is 2.17. The fourth-order valence-electron chi connectivity index (χ4n) is 1.80. The van der Waals surface area contributed by atoms with Gasteiger partial charge in [-0.1, -0.05) is 6.92 Å². The molecular weight excluding hydrogens is 254 g/mol. The van der Waals surface area contributed by atoms with Crippen LogP contribution in [-0.2, 0) is 11.3 Å². The third kappa shape index (κ3) is 5.02. The standard InChI is InChI=1S/C14H23N5O/c1-4-8-16-12-10-14(18-13(17-12)11-20-3)19(5-2)9-6-7-15/h10H,4-6,8-9,11H2,1-3H3,(H,16,17,18). The Kier molecular flexibility index (Phi) is 7.36. The number of hydrogen-bond acceptors (Lipinski definition) is 6. The topological polar surface area (TPSA) is 74.1 Å². The first-order valence-electron chi connectivity index (χ1n) is 6.97. The molecule has 0 aliphatic heterocycles. The average molecular weight is 277 g/mol. The molecule has 0 spiro atoms. The quantitative estimate of drug-likeness (QED) is 0.745. The number of nitriles is 1. The van der Waals surface area contributed by atoms with E-state index < -0.39 is 0 Å². The first-order chi connectivity index (χ1) is 9.74. The van der Waals surface area contributed by atoms with Gasteiger partial charge in [0.05, 0.1) is 12.5 Å². The Morgan fingerprint density at radius 2 is 2.20 bits per heavy atom. The molecule has 110 valence electrons. The lowest BCUT2D eigenvalue weighted by Gasteiger charge is -2.21. The Labute approximate surface area is 120 Å². The summed E-state index contributed by atoms with van der Waals surface area (Å²) in [7, 11) is 1.63. The van der Waals surface area contributed by atoms with E-state index in [1.165, 1.54) is 0 Å². The number of hydrogen-bond donors (Lipinski definition) is 1. The molecule has 0 atom stereocenters.